The Morgan fingerprint density at radius 1 is 1.39 bits per heavy atom. The topological polar surface area (TPSA) is 60.4 Å². The molecule has 0 spiro atoms. The van der Waals surface area contributed by atoms with E-state index < -0.39 is 5.91 Å². The van der Waals surface area contributed by atoms with Gasteiger partial charge >= 0.3 is 0 Å². The maximum absolute atomic E-state index is 11.2. The normalized spacial score (nSPS) is 12.4. The van der Waals surface area contributed by atoms with Gasteiger partial charge < -0.3 is 5.73 Å². The van der Waals surface area contributed by atoms with Gasteiger partial charge in [-0.3, -0.25) is 9.20 Å². The molecule has 2 aromatic heterocycles. The summed E-state index contributed by atoms with van der Waals surface area (Å²) in [4.78, 5) is 16.2. The van der Waals surface area contributed by atoms with Gasteiger partial charge in [0, 0.05) is 0 Å². The van der Waals surface area contributed by atoms with Crippen molar-refractivity contribution in [2.75, 3.05) is 0 Å². The van der Waals surface area contributed by atoms with E-state index in [9.17, 15) is 4.79 Å². The summed E-state index contributed by atoms with van der Waals surface area (Å²) < 4.78 is 2.03. The third-order valence-corrected chi connectivity index (χ3v) is 3.62. The Morgan fingerprint density at radius 2 is 2.11 bits per heavy atom. The summed E-state index contributed by atoms with van der Waals surface area (Å²) in [7, 11) is 0. The minimum atomic E-state index is -0.395. The van der Waals surface area contributed by atoms with E-state index in [1.54, 1.807) is 6.08 Å². The highest BCUT2D eigenvalue weighted by molar-refractivity contribution is 8.04. The molecular formula is C11H11Cl2N3OS. The number of rotatable bonds is 1. The number of hydrogen-bond acceptors (Lipinski definition) is 3. The molecule has 0 aromatic carbocycles. The molecule has 0 fully saturated rings. The summed E-state index contributed by atoms with van der Waals surface area (Å²) in [5, 5.41) is 0.976. The Hall–Kier alpha value is -1.17. The van der Waals surface area contributed by atoms with Crippen molar-refractivity contribution in [1.82, 2.24) is 9.38 Å². The first-order chi connectivity index (χ1) is 7.66. The zero-order chi connectivity index (χ0) is 11.3. The zero-order valence-corrected chi connectivity index (χ0v) is 11.9. The van der Waals surface area contributed by atoms with Crippen molar-refractivity contribution in [3.63, 3.8) is 0 Å². The molecule has 4 nitrogen and oxygen atoms in total. The van der Waals surface area contributed by atoms with Gasteiger partial charge in [-0.1, -0.05) is 17.8 Å². The molecule has 0 saturated heterocycles. The molecular weight excluding hydrogens is 293 g/mol. The van der Waals surface area contributed by atoms with E-state index in [0.29, 0.717) is 4.91 Å². The van der Waals surface area contributed by atoms with E-state index in [1.165, 1.54) is 11.8 Å². The van der Waals surface area contributed by atoms with Crippen LogP contribution in [-0.4, -0.2) is 15.3 Å². The number of nitrogens with zero attached hydrogens (tertiary/aromatic N) is 2. The molecule has 18 heavy (non-hydrogen) atoms. The second-order valence-electron chi connectivity index (χ2n) is 3.61. The van der Waals surface area contributed by atoms with Crippen LogP contribution in [-0.2, 0) is 4.79 Å². The number of aromatic nitrogens is 2. The van der Waals surface area contributed by atoms with Crippen LogP contribution in [0, 0.1) is 6.92 Å². The predicted octanol–water partition coefficient (Wildman–Crippen LogP) is 2.42. The number of carbonyl (C=O) groups excluding carboxylic acids is 1. The van der Waals surface area contributed by atoms with Crippen LogP contribution in [0.2, 0.25) is 0 Å². The summed E-state index contributed by atoms with van der Waals surface area (Å²) in [6.07, 6.45) is 1.80. The Kier molecular flexibility index (Phi) is 4.32. The molecule has 3 rings (SSSR count). The van der Waals surface area contributed by atoms with Gasteiger partial charge in [-0.05, 0) is 25.1 Å². The van der Waals surface area contributed by atoms with Crippen LogP contribution < -0.4 is 5.73 Å². The van der Waals surface area contributed by atoms with Crippen molar-refractivity contribution in [2.24, 2.45) is 5.73 Å². The van der Waals surface area contributed by atoms with Crippen molar-refractivity contribution in [3.8, 4) is 0 Å². The smallest absolute Gasteiger partial charge is 0.255 e. The van der Waals surface area contributed by atoms with Gasteiger partial charge in [-0.15, -0.1) is 24.8 Å². The largest absolute Gasteiger partial charge is 0.365 e. The molecule has 3 heterocycles. The molecule has 2 N–H and O–H groups in total. The van der Waals surface area contributed by atoms with Gasteiger partial charge in [-0.2, -0.15) is 0 Å². The second-order valence-corrected chi connectivity index (χ2v) is 4.68. The molecule has 1 aliphatic rings. The number of primary amides is 1. The molecule has 1 amide bonds. The van der Waals surface area contributed by atoms with Gasteiger partial charge in [0.05, 0.1) is 21.3 Å². The first-order valence-corrected chi connectivity index (χ1v) is 5.66. The molecule has 0 bridgehead atoms. The molecule has 0 saturated carbocycles. The monoisotopic (exact) mass is 303 g/mol. The number of amides is 1. The highest BCUT2D eigenvalue weighted by Gasteiger charge is 2.19. The van der Waals surface area contributed by atoms with Crippen LogP contribution in [0.25, 0.3) is 11.7 Å². The summed E-state index contributed by atoms with van der Waals surface area (Å²) >= 11 is 1.38. The van der Waals surface area contributed by atoms with Crippen LogP contribution in [0.3, 0.4) is 0 Å². The number of aryl methyl sites for hydroxylation is 1. The van der Waals surface area contributed by atoms with Crippen LogP contribution in [0.15, 0.2) is 28.1 Å². The van der Waals surface area contributed by atoms with Crippen molar-refractivity contribution in [1.29, 1.82) is 0 Å². The lowest BCUT2D eigenvalue weighted by atomic mass is 10.3. The SMILES string of the molecule is Cc1nc2cccc3n2c1C=C(C(N)=O)S3.Cl.Cl. The van der Waals surface area contributed by atoms with Gasteiger partial charge in [0.25, 0.3) is 5.91 Å². The third kappa shape index (κ3) is 2.09. The minimum Gasteiger partial charge on any atom is -0.365 e. The lowest BCUT2D eigenvalue weighted by Crippen LogP contribution is -2.14. The van der Waals surface area contributed by atoms with Crippen molar-refractivity contribution < 1.29 is 4.79 Å². The minimum absolute atomic E-state index is 0. The first-order valence-electron chi connectivity index (χ1n) is 4.84. The Morgan fingerprint density at radius 3 is 2.78 bits per heavy atom. The van der Waals surface area contributed by atoms with E-state index in [-0.39, 0.29) is 24.8 Å². The molecule has 7 heteroatoms. The van der Waals surface area contributed by atoms with Crippen LogP contribution in [0.4, 0.5) is 0 Å². The van der Waals surface area contributed by atoms with Gasteiger partial charge in [0.1, 0.15) is 5.65 Å². The highest BCUT2D eigenvalue weighted by atomic mass is 35.5. The standard InChI is InChI=1S/C11H9N3OS.2ClH/c1-6-7-5-8(11(12)15)16-10-4-2-3-9(13-6)14(7)10;;/h2-5H,1H3,(H2,12,15);2*1H. The maximum Gasteiger partial charge on any atom is 0.255 e. The Labute approximate surface area is 120 Å². The predicted molar refractivity (Wildman–Crippen MR) is 77.5 cm³/mol. The number of carbonyl (C=O) groups is 1. The van der Waals surface area contributed by atoms with E-state index in [2.05, 4.69) is 4.98 Å². The van der Waals surface area contributed by atoms with Gasteiger partial charge in [0.15, 0.2) is 0 Å². The van der Waals surface area contributed by atoms with Crippen molar-refractivity contribution in [2.45, 2.75) is 11.9 Å². The Bertz CT molecular complexity index is 651. The van der Waals surface area contributed by atoms with Crippen LogP contribution in [0.1, 0.15) is 11.4 Å². The van der Waals surface area contributed by atoms with Crippen LogP contribution >= 0.6 is 36.6 Å². The molecule has 0 atom stereocenters. The Balaban J connectivity index is 0.000000810. The summed E-state index contributed by atoms with van der Waals surface area (Å²) in [5.74, 6) is -0.395. The molecule has 2 aromatic rings. The quantitative estimate of drug-likeness (QED) is 0.880. The lowest BCUT2D eigenvalue weighted by Gasteiger charge is -2.13. The number of pyridine rings is 1. The van der Waals surface area contributed by atoms with Crippen molar-refractivity contribution >= 4 is 54.2 Å². The number of hydrogen-bond donors (Lipinski definition) is 1. The number of halogens is 2. The molecule has 0 radical (unpaired) electrons. The first kappa shape index (κ1) is 14.9. The fourth-order valence-corrected chi connectivity index (χ4v) is 2.76. The van der Waals surface area contributed by atoms with Gasteiger partial charge in [0.2, 0.25) is 0 Å². The third-order valence-electron chi connectivity index (χ3n) is 2.55. The van der Waals surface area contributed by atoms with E-state index >= 15 is 0 Å². The number of nitrogens with two attached hydrogens (primary N) is 1. The number of thioether (sulfide) groups is 1. The fraction of sp³-hybridized carbons (Fsp3) is 0.0909. The summed E-state index contributed by atoms with van der Waals surface area (Å²) in [6.45, 7) is 1.93. The molecule has 0 unspecified atom stereocenters. The average molecular weight is 304 g/mol. The summed E-state index contributed by atoms with van der Waals surface area (Å²) in [5.41, 5.74) is 8.06. The fourth-order valence-electron chi connectivity index (χ4n) is 1.84. The summed E-state index contributed by atoms with van der Waals surface area (Å²) in [6, 6.07) is 5.83. The zero-order valence-electron chi connectivity index (χ0n) is 9.41. The maximum atomic E-state index is 11.2. The van der Waals surface area contributed by atoms with Crippen LogP contribution in [0.5, 0.6) is 0 Å². The van der Waals surface area contributed by atoms with E-state index in [0.717, 1.165) is 22.1 Å². The van der Waals surface area contributed by atoms with Gasteiger partial charge in [-0.25, -0.2) is 4.98 Å². The molecule has 1 aliphatic heterocycles. The molecule has 96 valence electrons. The second kappa shape index (κ2) is 5.22. The van der Waals surface area contributed by atoms with E-state index in [1.807, 2.05) is 29.5 Å². The van der Waals surface area contributed by atoms with E-state index in [4.69, 9.17) is 5.73 Å². The molecule has 0 aliphatic carbocycles. The van der Waals surface area contributed by atoms with Crippen molar-refractivity contribution in [3.05, 3.63) is 34.5 Å². The average Bonchev–Trinajstić information content (AvgIpc) is 2.58. The highest BCUT2D eigenvalue weighted by Crippen LogP contribution is 2.35. The number of imidazole rings is 1. The lowest BCUT2D eigenvalue weighted by molar-refractivity contribution is -0.113.